The molecule has 6 N–H and O–H groups in total. The molecule has 0 fully saturated rings. The van der Waals surface area contributed by atoms with Crippen molar-refractivity contribution < 1.29 is 5.11 Å². The van der Waals surface area contributed by atoms with E-state index in [1.54, 1.807) is 0 Å². The summed E-state index contributed by atoms with van der Waals surface area (Å²) in [6.45, 7) is -0.161. The first-order chi connectivity index (χ1) is 11.6. The van der Waals surface area contributed by atoms with Crippen molar-refractivity contribution in [2.75, 3.05) is 11.9 Å². The predicted octanol–water partition coefficient (Wildman–Crippen LogP) is 1.03. The summed E-state index contributed by atoms with van der Waals surface area (Å²) in [6, 6.07) is 16.9. The fraction of sp³-hybridized carbons (Fsp3) is 0.222. The molecule has 4 rings (SSSR count). The van der Waals surface area contributed by atoms with Crippen molar-refractivity contribution in [3.63, 3.8) is 0 Å². The lowest BCUT2D eigenvalue weighted by Gasteiger charge is -2.41. The van der Waals surface area contributed by atoms with Gasteiger partial charge in [0.15, 0.2) is 11.8 Å². The molecule has 0 saturated heterocycles. The van der Waals surface area contributed by atoms with E-state index in [9.17, 15) is 5.11 Å². The second-order valence-corrected chi connectivity index (χ2v) is 6.05. The van der Waals surface area contributed by atoms with E-state index in [4.69, 9.17) is 11.5 Å². The predicted molar refractivity (Wildman–Crippen MR) is 95.2 cm³/mol. The van der Waals surface area contributed by atoms with Gasteiger partial charge in [0, 0.05) is 11.3 Å². The molecule has 3 atom stereocenters. The smallest absolute Gasteiger partial charge is 0.163 e. The number of anilines is 1. The van der Waals surface area contributed by atoms with Crippen LogP contribution in [0.2, 0.25) is 0 Å². The minimum absolute atomic E-state index is 0.161. The minimum atomic E-state index is -1.10. The average molecular weight is 321 g/mol. The van der Waals surface area contributed by atoms with Gasteiger partial charge in [0.05, 0.1) is 18.4 Å². The van der Waals surface area contributed by atoms with Crippen molar-refractivity contribution in [2.45, 2.75) is 17.9 Å². The van der Waals surface area contributed by atoms with E-state index >= 15 is 0 Å². The topological polar surface area (TPSA) is 109 Å². The molecule has 0 saturated carbocycles. The van der Waals surface area contributed by atoms with Gasteiger partial charge in [-0.05, 0) is 11.6 Å². The van der Waals surface area contributed by atoms with Gasteiger partial charge in [-0.3, -0.25) is 9.98 Å². The molecule has 3 unspecified atom stereocenters. The Hall–Kier alpha value is -2.54. The number of benzene rings is 2. The van der Waals surface area contributed by atoms with Gasteiger partial charge in [0.25, 0.3) is 0 Å². The Kier molecular flexibility index (Phi) is 3.45. The third kappa shape index (κ3) is 2.16. The van der Waals surface area contributed by atoms with Crippen LogP contribution in [0.4, 0.5) is 5.69 Å². The van der Waals surface area contributed by atoms with Gasteiger partial charge in [-0.25, -0.2) is 0 Å². The zero-order valence-corrected chi connectivity index (χ0v) is 13.1. The van der Waals surface area contributed by atoms with Gasteiger partial charge in [-0.1, -0.05) is 48.5 Å². The van der Waals surface area contributed by atoms with Crippen molar-refractivity contribution in [1.29, 1.82) is 0 Å². The lowest BCUT2D eigenvalue weighted by Crippen LogP contribution is -2.65. The number of rotatable bonds is 3. The van der Waals surface area contributed by atoms with Crippen LogP contribution in [0.15, 0.2) is 64.6 Å². The average Bonchev–Trinajstić information content (AvgIpc) is 3.08. The Labute approximate surface area is 139 Å². The molecule has 6 nitrogen and oxygen atoms in total. The molecule has 0 aromatic heterocycles. The highest BCUT2D eigenvalue weighted by Gasteiger charge is 2.47. The van der Waals surface area contributed by atoms with E-state index in [0.29, 0.717) is 11.4 Å². The molecule has 2 aliphatic heterocycles. The van der Waals surface area contributed by atoms with E-state index in [2.05, 4.69) is 15.3 Å². The van der Waals surface area contributed by atoms with Crippen LogP contribution in [0.25, 0.3) is 0 Å². The number of nitrogens with zero attached hydrogens (tertiary/aromatic N) is 2. The van der Waals surface area contributed by atoms with Gasteiger partial charge in [0.2, 0.25) is 0 Å². The lowest BCUT2D eigenvalue weighted by molar-refractivity contribution is 0.271. The number of nitrogens with one attached hydrogen (secondary N) is 1. The van der Waals surface area contributed by atoms with Crippen LogP contribution in [-0.2, 0) is 0 Å². The summed E-state index contributed by atoms with van der Waals surface area (Å²) in [7, 11) is 0. The van der Waals surface area contributed by atoms with Gasteiger partial charge >= 0.3 is 0 Å². The molecule has 0 radical (unpaired) electrons. The standard InChI is InChI=1S/C18H19N5O/c19-16(11-6-2-1-3-7-11)18(20)17-15(21-14(10-24)22-17)12-8-4-5-9-13(12)23-18/h1-9,14,16,23-24H,10,19-20H2. The highest BCUT2D eigenvalue weighted by atomic mass is 16.3. The number of hydrogen-bond acceptors (Lipinski definition) is 6. The van der Waals surface area contributed by atoms with Gasteiger partial charge < -0.3 is 21.9 Å². The Bertz CT molecular complexity index is 832. The molecule has 0 aliphatic carbocycles. The largest absolute Gasteiger partial charge is 0.392 e. The summed E-state index contributed by atoms with van der Waals surface area (Å²) in [5.74, 6) is 0. The SMILES string of the molecule is NC(c1ccccc1)C1(N)Nc2ccccc2C2=NC(CO)N=C21. The van der Waals surface area contributed by atoms with E-state index in [1.165, 1.54) is 0 Å². The van der Waals surface area contributed by atoms with Crippen LogP contribution in [0, 0.1) is 0 Å². The van der Waals surface area contributed by atoms with Crippen LogP contribution in [-0.4, -0.2) is 35.0 Å². The molecule has 0 bridgehead atoms. The van der Waals surface area contributed by atoms with Gasteiger partial charge in [-0.15, -0.1) is 0 Å². The minimum Gasteiger partial charge on any atom is -0.392 e. The second kappa shape index (κ2) is 5.52. The summed E-state index contributed by atoms with van der Waals surface area (Å²) in [5, 5.41) is 12.8. The highest BCUT2D eigenvalue weighted by molar-refractivity contribution is 6.54. The second-order valence-electron chi connectivity index (χ2n) is 6.05. The number of nitrogens with two attached hydrogens (primary N) is 2. The molecule has 0 amide bonds. The molecule has 2 heterocycles. The van der Waals surface area contributed by atoms with Crippen molar-refractivity contribution in [1.82, 2.24) is 0 Å². The number of hydrogen-bond donors (Lipinski definition) is 4. The van der Waals surface area contributed by atoms with Crippen molar-refractivity contribution >= 4 is 17.1 Å². The molecule has 2 aliphatic rings. The van der Waals surface area contributed by atoms with Crippen LogP contribution in [0.5, 0.6) is 0 Å². The normalized spacial score (nSPS) is 25.9. The zero-order valence-electron chi connectivity index (χ0n) is 13.1. The Morgan fingerprint density at radius 2 is 1.79 bits per heavy atom. The first-order valence-electron chi connectivity index (χ1n) is 7.88. The molecule has 122 valence electrons. The summed E-state index contributed by atoms with van der Waals surface area (Å²) in [4.78, 5) is 9.05. The van der Waals surface area contributed by atoms with Crippen molar-refractivity contribution in [3.8, 4) is 0 Å². The Morgan fingerprint density at radius 1 is 1.08 bits per heavy atom. The zero-order chi connectivity index (χ0) is 16.7. The number of aliphatic hydroxyl groups is 1. The van der Waals surface area contributed by atoms with Crippen LogP contribution >= 0.6 is 0 Å². The van der Waals surface area contributed by atoms with E-state index in [0.717, 1.165) is 16.8 Å². The molecular formula is C18H19N5O. The van der Waals surface area contributed by atoms with E-state index in [1.807, 2.05) is 54.6 Å². The first kappa shape index (κ1) is 15.0. The molecular weight excluding hydrogens is 302 g/mol. The summed E-state index contributed by atoms with van der Waals surface area (Å²) >= 11 is 0. The maximum absolute atomic E-state index is 9.48. The van der Waals surface area contributed by atoms with E-state index < -0.39 is 17.9 Å². The molecule has 2 aromatic carbocycles. The third-order valence-corrected chi connectivity index (χ3v) is 4.51. The monoisotopic (exact) mass is 321 g/mol. The number of para-hydroxylation sites is 1. The van der Waals surface area contributed by atoms with Gasteiger partial charge in [0.1, 0.15) is 5.71 Å². The molecule has 24 heavy (non-hydrogen) atoms. The highest BCUT2D eigenvalue weighted by Crippen LogP contribution is 2.35. The summed E-state index contributed by atoms with van der Waals surface area (Å²) in [6.07, 6.45) is -0.533. The van der Waals surface area contributed by atoms with Crippen LogP contribution in [0.1, 0.15) is 17.2 Å². The fourth-order valence-electron chi connectivity index (χ4n) is 3.26. The molecule has 6 heteroatoms. The number of aliphatic hydroxyl groups excluding tert-OH is 1. The molecule has 2 aromatic rings. The summed E-state index contributed by atoms with van der Waals surface area (Å²) in [5.41, 5.74) is 16.1. The third-order valence-electron chi connectivity index (χ3n) is 4.51. The van der Waals surface area contributed by atoms with Crippen molar-refractivity contribution in [2.24, 2.45) is 21.5 Å². The number of aliphatic imine (C=N–C) groups is 2. The first-order valence-corrected chi connectivity index (χ1v) is 7.88. The Balaban J connectivity index is 1.86. The number of fused-ring (bicyclic) bond motifs is 3. The van der Waals surface area contributed by atoms with Gasteiger partial charge in [-0.2, -0.15) is 0 Å². The van der Waals surface area contributed by atoms with Crippen LogP contribution in [0.3, 0.4) is 0 Å². The van der Waals surface area contributed by atoms with Crippen LogP contribution < -0.4 is 16.8 Å². The molecule has 0 spiro atoms. The van der Waals surface area contributed by atoms with E-state index in [-0.39, 0.29) is 6.61 Å². The fourth-order valence-corrected chi connectivity index (χ4v) is 3.26. The maximum atomic E-state index is 9.48. The van der Waals surface area contributed by atoms with Crippen molar-refractivity contribution in [3.05, 3.63) is 65.7 Å². The quantitative estimate of drug-likeness (QED) is 0.677. The summed E-state index contributed by atoms with van der Waals surface area (Å²) < 4.78 is 0. The lowest BCUT2D eigenvalue weighted by atomic mass is 9.82. The maximum Gasteiger partial charge on any atom is 0.163 e. The Morgan fingerprint density at radius 3 is 2.54 bits per heavy atom.